The van der Waals surface area contributed by atoms with Crippen LogP contribution in [0.5, 0.6) is 0 Å². The molecule has 0 fully saturated rings. The monoisotopic (exact) mass is 772 g/mol. The molecule has 0 aliphatic carbocycles. The normalized spacial score (nSPS) is 12.8. The summed E-state index contributed by atoms with van der Waals surface area (Å²) in [4.78, 5) is 11.0. The van der Waals surface area contributed by atoms with Crippen LogP contribution in [-0.4, -0.2) is 46.7 Å². The van der Waals surface area contributed by atoms with Crippen LogP contribution in [0.2, 0.25) is 26.6 Å². The molecule has 214 valence electrons. The Morgan fingerprint density at radius 2 is 0.737 bits per heavy atom. The first kappa shape index (κ1) is 33.1. The molecule has 3 rings (SSSR count). The average molecular weight is 770 g/mol. The van der Waals surface area contributed by atoms with Gasteiger partial charge in [0.05, 0.1) is 0 Å². The second-order valence-electron chi connectivity index (χ2n) is 12.0. The molecule has 1 aromatic carbocycles. The van der Waals surface area contributed by atoms with Crippen molar-refractivity contribution in [3.63, 3.8) is 0 Å². The van der Waals surface area contributed by atoms with E-state index in [1.54, 1.807) is 6.05 Å². The second-order valence-corrected chi connectivity index (χ2v) is 42.0. The van der Waals surface area contributed by atoms with Crippen LogP contribution in [0, 0.1) is 0 Å². The van der Waals surface area contributed by atoms with Gasteiger partial charge in [-0.3, -0.25) is 0 Å². The summed E-state index contributed by atoms with van der Waals surface area (Å²) in [6.07, 6.45) is 16.4. The van der Waals surface area contributed by atoms with Gasteiger partial charge in [0.1, 0.15) is 0 Å². The van der Waals surface area contributed by atoms with Crippen molar-refractivity contribution < 1.29 is 0 Å². The molecule has 0 saturated carbocycles. The first-order valence-electron chi connectivity index (χ1n) is 16.2. The molecule has 2 aromatic heterocycles. The van der Waals surface area contributed by atoms with Crippen molar-refractivity contribution in [2.24, 2.45) is 0 Å². The van der Waals surface area contributed by atoms with E-state index in [2.05, 4.69) is 76.3 Å². The number of thiazole rings is 2. The SMILES string of the molecule is CCC[CH2][Sn]([CH2]CCC)([CH2]CCC)[c]1nc2cc3s[c]([Sn]([CH2]CCC)([CH2]CCC)[CH2]CCC)nc3cc2s1. The van der Waals surface area contributed by atoms with Crippen LogP contribution < -0.4 is 6.05 Å². The van der Waals surface area contributed by atoms with Gasteiger partial charge in [-0.25, -0.2) is 0 Å². The first-order valence-corrected chi connectivity index (χ1v) is 32.8. The molecule has 0 spiro atoms. The van der Waals surface area contributed by atoms with Crippen molar-refractivity contribution in [3.8, 4) is 0 Å². The molecule has 0 aliphatic heterocycles. The van der Waals surface area contributed by atoms with Crippen molar-refractivity contribution in [3.05, 3.63) is 12.1 Å². The Morgan fingerprint density at radius 1 is 0.474 bits per heavy atom. The van der Waals surface area contributed by atoms with Crippen LogP contribution in [0.15, 0.2) is 12.1 Å². The minimum atomic E-state index is -2.49. The summed E-state index contributed by atoms with van der Waals surface area (Å²) in [7, 11) is 0. The van der Waals surface area contributed by atoms with Gasteiger partial charge in [0, 0.05) is 0 Å². The van der Waals surface area contributed by atoms with Crippen molar-refractivity contribution >= 4 is 85.9 Å². The average Bonchev–Trinajstić information content (AvgIpc) is 3.55. The Balaban J connectivity index is 2.05. The van der Waals surface area contributed by atoms with E-state index in [1.165, 1.54) is 124 Å². The third kappa shape index (κ3) is 8.33. The van der Waals surface area contributed by atoms with E-state index in [0.717, 1.165) is 0 Å². The number of benzene rings is 1. The Kier molecular flexibility index (Phi) is 14.7. The third-order valence-corrected chi connectivity index (χ3v) is 46.3. The molecule has 0 saturated heterocycles. The quantitative estimate of drug-likeness (QED) is 0.107. The van der Waals surface area contributed by atoms with Gasteiger partial charge in [0.2, 0.25) is 0 Å². The molecule has 2 nitrogen and oxygen atoms in total. The molecule has 2 heterocycles. The molecular formula is C32H56N2S2Sn2. The van der Waals surface area contributed by atoms with Crippen LogP contribution >= 0.6 is 22.7 Å². The fourth-order valence-electron chi connectivity index (χ4n) is 6.29. The molecular weight excluding hydrogens is 714 g/mol. The number of nitrogens with zero attached hydrogens (tertiary/aromatic N) is 2. The summed E-state index contributed by atoms with van der Waals surface area (Å²) in [5.74, 6) is 0. The maximum absolute atomic E-state index is 5.52. The van der Waals surface area contributed by atoms with Crippen LogP contribution in [0.1, 0.15) is 119 Å². The van der Waals surface area contributed by atoms with Crippen molar-refractivity contribution in [1.82, 2.24) is 9.97 Å². The molecule has 0 amide bonds. The Bertz CT molecular complexity index is 914. The van der Waals surface area contributed by atoms with E-state index < -0.39 is 36.8 Å². The standard InChI is InChI=1S/C8H2N2S2.6C4H9.2Sn/c1-5-8(12-3-9-5)2-6-7(1)11-4-10-6;6*1-3-4-2;;/h1-2H;6*1,3-4H2,2H3;;. The van der Waals surface area contributed by atoms with Gasteiger partial charge in [-0.15, -0.1) is 0 Å². The van der Waals surface area contributed by atoms with Gasteiger partial charge in [-0.1, -0.05) is 0 Å². The van der Waals surface area contributed by atoms with Crippen LogP contribution in [0.25, 0.3) is 20.4 Å². The van der Waals surface area contributed by atoms with Gasteiger partial charge >= 0.3 is 253 Å². The number of aromatic nitrogens is 2. The van der Waals surface area contributed by atoms with Gasteiger partial charge < -0.3 is 0 Å². The summed E-state index contributed by atoms with van der Waals surface area (Å²) in [5, 5.41) is 0. The molecule has 0 aliphatic rings. The Hall–Kier alpha value is 0.597. The zero-order chi connectivity index (χ0) is 27.4. The fraction of sp³-hybridized carbons (Fsp3) is 0.750. The van der Waals surface area contributed by atoms with E-state index in [0.29, 0.717) is 0 Å². The molecule has 0 atom stereocenters. The fourth-order valence-corrected chi connectivity index (χ4v) is 45.5. The summed E-state index contributed by atoms with van der Waals surface area (Å²) >= 11 is -0.799. The number of fused-ring (bicyclic) bond motifs is 2. The summed E-state index contributed by atoms with van der Waals surface area (Å²) in [5.41, 5.74) is 2.57. The molecule has 3 aromatic rings. The predicted molar refractivity (Wildman–Crippen MR) is 182 cm³/mol. The number of hydrogen-bond donors (Lipinski definition) is 0. The maximum atomic E-state index is 5.52. The summed E-state index contributed by atoms with van der Waals surface area (Å²) in [6.45, 7) is 14.2. The number of hydrogen-bond acceptors (Lipinski definition) is 4. The van der Waals surface area contributed by atoms with Gasteiger partial charge in [0.25, 0.3) is 0 Å². The Morgan fingerprint density at radius 3 is 0.974 bits per heavy atom. The molecule has 6 heteroatoms. The summed E-state index contributed by atoms with van der Waals surface area (Å²) in [6, 6.07) is 4.91. The van der Waals surface area contributed by atoms with Crippen molar-refractivity contribution in [2.75, 3.05) is 0 Å². The van der Waals surface area contributed by atoms with Gasteiger partial charge in [-0.05, 0) is 0 Å². The topological polar surface area (TPSA) is 25.8 Å². The van der Waals surface area contributed by atoms with E-state index in [9.17, 15) is 0 Å². The van der Waals surface area contributed by atoms with E-state index in [4.69, 9.17) is 9.97 Å². The molecule has 0 radical (unpaired) electrons. The van der Waals surface area contributed by atoms with E-state index in [1.807, 2.05) is 0 Å². The van der Waals surface area contributed by atoms with Crippen LogP contribution in [0.3, 0.4) is 0 Å². The van der Waals surface area contributed by atoms with E-state index in [-0.39, 0.29) is 0 Å². The van der Waals surface area contributed by atoms with Crippen molar-refractivity contribution in [2.45, 2.75) is 145 Å². The molecule has 38 heavy (non-hydrogen) atoms. The second kappa shape index (κ2) is 16.9. The molecule has 0 bridgehead atoms. The van der Waals surface area contributed by atoms with E-state index >= 15 is 0 Å². The zero-order valence-electron chi connectivity index (χ0n) is 25.6. The van der Waals surface area contributed by atoms with Crippen LogP contribution in [0.4, 0.5) is 0 Å². The number of rotatable bonds is 20. The van der Waals surface area contributed by atoms with Crippen LogP contribution in [-0.2, 0) is 0 Å². The van der Waals surface area contributed by atoms with Gasteiger partial charge in [-0.2, -0.15) is 0 Å². The number of unbranched alkanes of at least 4 members (excludes halogenated alkanes) is 6. The van der Waals surface area contributed by atoms with Gasteiger partial charge in [0.15, 0.2) is 0 Å². The Labute approximate surface area is 251 Å². The predicted octanol–water partition coefficient (Wildman–Crippen LogP) is 11.0. The minimum absolute atomic E-state index is 1.29. The summed E-state index contributed by atoms with van der Waals surface area (Å²) < 4.78 is 15.1. The first-order chi connectivity index (χ1) is 18.5. The third-order valence-electron chi connectivity index (χ3n) is 8.86. The molecule has 0 N–H and O–H groups in total. The molecule has 0 unspecified atom stereocenters. The van der Waals surface area contributed by atoms with Crippen molar-refractivity contribution in [1.29, 1.82) is 0 Å². The zero-order valence-corrected chi connectivity index (χ0v) is 32.9.